The first-order valence-corrected chi connectivity index (χ1v) is 6.85. The van der Waals surface area contributed by atoms with Gasteiger partial charge in [-0.05, 0) is 42.5 Å². The number of hydrogen-bond acceptors (Lipinski definition) is 4. The molecule has 7 nitrogen and oxygen atoms in total. The molecule has 0 aliphatic rings. The molecule has 2 amide bonds. The summed E-state index contributed by atoms with van der Waals surface area (Å²) in [5.41, 5.74) is 3.30. The molecule has 0 bridgehead atoms. The highest BCUT2D eigenvalue weighted by atomic mass is 16.5. The van der Waals surface area contributed by atoms with E-state index in [-0.39, 0.29) is 6.03 Å². The normalized spacial score (nSPS) is 10.3. The number of aromatic nitrogens is 2. The Labute approximate surface area is 131 Å². The van der Waals surface area contributed by atoms with Gasteiger partial charge in [-0.2, -0.15) is 0 Å². The van der Waals surface area contributed by atoms with Gasteiger partial charge in [0.05, 0.1) is 30.0 Å². The number of anilines is 2. The number of methoxy groups -OCH3 is 1. The first-order chi connectivity index (χ1) is 11.2. The van der Waals surface area contributed by atoms with Crippen LogP contribution in [0.1, 0.15) is 10.4 Å². The predicted molar refractivity (Wildman–Crippen MR) is 86.5 cm³/mol. The number of imidazole rings is 1. The van der Waals surface area contributed by atoms with Crippen LogP contribution in [0, 0.1) is 0 Å². The Bertz CT molecular complexity index is 855. The summed E-state index contributed by atoms with van der Waals surface area (Å²) >= 11 is 0. The molecule has 2 aromatic carbocycles. The fourth-order valence-electron chi connectivity index (χ4n) is 2.11. The monoisotopic (exact) mass is 310 g/mol. The van der Waals surface area contributed by atoms with E-state index in [4.69, 9.17) is 0 Å². The first kappa shape index (κ1) is 14.6. The third-order valence-electron chi connectivity index (χ3n) is 3.24. The van der Waals surface area contributed by atoms with E-state index < -0.39 is 5.97 Å². The van der Waals surface area contributed by atoms with Crippen molar-refractivity contribution in [2.45, 2.75) is 0 Å². The van der Waals surface area contributed by atoms with Crippen LogP contribution in [0.15, 0.2) is 48.8 Å². The molecule has 23 heavy (non-hydrogen) atoms. The second kappa shape index (κ2) is 6.18. The minimum Gasteiger partial charge on any atom is -0.465 e. The van der Waals surface area contributed by atoms with Gasteiger partial charge in [0.25, 0.3) is 0 Å². The summed E-state index contributed by atoms with van der Waals surface area (Å²) in [6.07, 6.45) is 1.59. The van der Waals surface area contributed by atoms with Crippen LogP contribution in [0.25, 0.3) is 11.0 Å². The average molecular weight is 310 g/mol. The Morgan fingerprint density at radius 1 is 1.04 bits per heavy atom. The number of fused-ring (bicyclic) bond motifs is 1. The number of amides is 2. The molecule has 0 fully saturated rings. The zero-order chi connectivity index (χ0) is 16.2. The minimum absolute atomic E-state index is 0.380. The Morgan fingerprint density at radius 3 is 2.48 bits per heavy atom. The van der Waals surface area contributed by atoms with Gasteiger partial charge in [-0.1, -0.05) is 0 Å². The number of benzene rings is 2. The number of carbonyl (C=O) groups is 2. The van der Waals surface area contributed by atoms with Crippen LogP contribution in [0.5, 0.6) is 0 Å². The maximum Gasteiger partial charge on any atom is 0.337 e. The summed E-state index contributed by atoms with van der Waals surface area (Å²) in [5, 5.41) is 5.42. The molecular weight excluding hydrogens is 296 g/mol. The Morgan fingerprint density at radius 2 is 1.74 bits per heavy atom. The van der Waals surface area contributed by atoms with Gasteiger partial charge in [0.2, 0.25) is 0 Å². The highest BCUT2D eigenvalue weighted by Gasteiger charge is 2.07. The molecule has 3 rings (SSSR count). The van der Waals surface area contributed by atoms with E-state index in [1.165, 1.54) is 7.11 Å². The molecule has 1 heterocycles. The third-order valence-corrected chi connectivity index (χ3v) is 3.24. The number of nitrogens with zero attached hydrogens (tertiary/aromatic N) is 1. The lowest BCUT2D eigenvalue weighted by Crippen LogP contribution is -2.19. The molecular formula is C16H14N4O3. The van der Waals surface area contributed by atoms with Gasteiger partial charge in [0.15, 0.2) is 0 Å². The summed E-state index contributed by atoms with van der Waals surface area (Å²) in [4.78, 5) is 30.4. The summed E-state index contributed by atoms with van der Waals surface area (Å²) in [7, 11) is 1.32. The number of aromatic amines is 1. The lowest BCUT2D eigenvalue weighted by Gasteiger charge is -2.08. The molecule has 0 atom stereocenters. The molecule has 0 saturated heterocycles. The van der Waals surface area contributed by atoms with Crippen molar-refractivity contribution in [3.8, 4) is 0 Å². The number of H-pyrrole nitrogens is 1. The van der Waals surface area contributed by atoms with E-state index in [2.05, 4.69) is 25.3 Å². The van der Waals surface area contributed by atoms with E-state index in [0.29, 0.717) is 16.9 Å². The van der Waals surface area contributed by atoms with Gasteiger partial charge < -0.3 is 20.4 Å². The largest absolute Gasteiger partial charge is 0.465 e. The fourth-order valence-corrected chi connectivity index (χ4v) is 2.11. The molecule has 1 aromatic heterocycles. The zero-order valence-corrected chi connectivity index (χ0v) is 12.3. The summed E-state index contributed by atoms with van der Waals surface area (Å²) in [5.74, 6) is -0.422. The van der Waals surface area contributed by atoms with Crippen LogP contribution in [0.4, 0.5) is 16.2 Å². The molecule has 0 spiro atoms. The van der Waals surface area contributed by atoms with Crippen molar-refractivity contribution in [1.82, 2.24) is 9.97 Å². The fraction of sp³-hybridized carbons (Fsp3) is 0.0625. The van der Waals surface area contributed by atoms with Crippen molar-refractivity contribution in [2.24, 2.45) is 0 Å². The van der Waals surface area contributed by atoms with Gasteiger partial charge >= 0.3 is 12.0 Å². The SMILES string of the molecule is COC(=O)c1ccc(NC(=O)Nc2ccc3nc[nH]c3c2)cc1. The third kappa shape index (κ3) is 3.29. The topological polar surface area (TPSA) is 96.1 Å². The Kier molecular flexibility index (Phi) is 3.92. The van der Waals surface area contributed by atoms with Crippen molar-refractivity contribution < 1.29 is 14.3 Å². The molecule has 3 aromatic rings. The highest BCUT2D eigenvalue weighted by molar-refractivity contribution is 6.01. The zero-order valence-electron chi connectivity index (χ0n) is 12.3. The van der Waals surface area contributed by atoms with Crippen LogP contribution in [0.3, 0.4) is 0 Å². The summed E-state index contributed by atoms with van der Waals surface area (Å²) < 4.78 is 4.62. The molecule has 0 unspecified atom stereocenters. The second-order valence-corrected chi connectivity index (χ2v) is 4.78. The molecule has 0 radical (unpaired) electrons. The molecule has 3 N–H and O–H groups in total. The van der Waals surface area contributed by atoms with Gasteiger partial charge in [0, 0.05) is 11.4 Å². The van der Waals surface area contributed by atoms with E-state index >= 15 is 0 Å². The van der Waals surface area contributed by atoms with E-state index in [1.807, 2.05) is 6.07 Å². The number of carbonyl (C=O) groups excluding carboxylic acids is 2. The van der Waals surface area contributed by atoms with E-state index in [1.54, 1.807) is 42.7 Å². The van der Waals surface area contributed by atoms with Crippen LogP contribution in [-0.4, -0.2) is 29.1 Å². The van der Waals surface area contributed by atoms with Crippen molar-refractivity contribution >= 4 is 34.4 Å². The smallest absolute Gasteiger partial charge is 0.337 e. The molecule has 7 heteroatoms. The van der Waals surface area contributed by atoms with Crippen molar-refractivity contribution in [3.63, 3.8) is 0 Å². The molecule has 0 aliphatic heterocycles. The van der Waals surface area contributed by atoms with Crippen molar-refractivity contribution in [1.29, 1.82) is 0 Å². The van der Waals surface area contributed by atoms with Gasteiger partial charge in [-0.3, -0.25) is 0 Å². The van der Waals surface area contributed by atoms with Crippen LogP contribution >= 0.6 is 0 Å². The number of hydrogen-bond donors (Lipinski definition) is 3. The van der Waals surface area contributed by atoms with Crippen molar-refractivity contribution in [3.05, 3.63) is 54.4 Å². The maximum atomic E-state index is 12.0. The minimum atomic E-state index is -0.422. The predicted octanol–water partition coefficient (Wildman–Crippen LogP) is 2.99. The lowest BCUT2D eigenvalue weighted by atomic mass is 10.2. The van der Waals surface area contributed by atoms with Crippen LogP contribution in [-0.2, 0) is 4.74 Å². The van der Waals surface area contributed by atoms with E-state index in [0.717, 1.165) is 11.0 Å². The molecule has 0 saturated carbocycles. The highest BCUT2D eigenvalue weighted by Crippen LogP contribution is 2.16. The Balaban J connectivity index is 1.65. The maximum absolute atomic E-state index is 12.0. The van der Waals surface area contributed by atoms with Gasteiger partial charge in [-0.15, -0.1) is 0 Å². The Hall–Kier alpha value is -3.35. The number of ether oxygens (including phenoxy) is 1. The number of urea groups is 1. The average Bonchev–Trinajstić information content (AvgIpc) is 3.02. The standard InChI is InChI=1S/C16H14N4O3/c1-23-15(21)10-2-4-11(5-3-10)19-16(22)20-12-6-7-13-14(8-12)18-9-17-13/h2-9H,1H3,(H,17,18)(H2,19,20,22). The number of esters is 1. The summed E-state index contributed by atoms with van der Waals surface area (Å²) in [6, 6.07) is 11.4. The molecule has 0 aliphatic carbocycles. The van der Waals surface area contributed by atoms with Gasteiger partial charge in [-0.25, -0.2) is 14.6 Å². The summed E-state index contributed by atoms with van der Waals surface area (Å²) in [6.45, 7) is 0. The van der Waals surface area contributed by atoms with Crippen LogP contribution in [0.2, 0.25) is 0 Å². The second-order valence-electron chi connectivity index (χ2n) is 4.78. The van der Waals surface area contributed by atoms with Crippen molar-refractivity contribution in [2.75, 3.05) is 17.7 Å². The first-order valence-electron chi connectivity index (χ1n) is 6.85. The van der Waals surface area contributed by atoms with Gasteiger partial charge in [0.1, 0.15) is 0 Å². The lowest BCUT2D eigenvalue weighted by molar-refractivity contribution is 0.0601. The van der Waals surface area contributed by atoms with Crippen LogP contribution < -0.4 is 10.6 Å². The number of rotatable bonds is 3. The molecule has 116 valence electrons. The quantitative estimate of drug-likeness (QED) is 0.648. The van der Waals surface area contributed by atoms with E-state index in [9.17, 15) is 9.59 Å². The number of nitrogens with one attached hydrogen (secondary N) is 3.